The maximum Gasteiger partial charge on any atom is 0.209 e. The Hall–Kier alpha value is -0.660. The van der Waals surface area contributed by atoms with Gasteiger partial charge in [-0.15, -0.1) is 5.10 Å². The Labute approximate surface area is 106 Å². The normalized spacial score (nSPS) is 11.3. The van der Waals surface area contributed by atoms with Gasteiger partial charge < -0.3 is 9.84 Å². The van der Waals surface area contributed by atoms with E-state index in [0.717, 1.165) is 23.9 Å². The smallest absolute Gasteiger partial charge is 0.209 e. The first-order valence-corrected chi connectivity index (χ1v) is 6.80. The molecule has 1 aromatic rings. The van der Waals surface area contributed by atoms with Crippen LogP contribution in [0.15, 0.2) is 5.16 Å². The van der Waals surface area contributed by atoms with Gasteiger partial charge in [0.25, 0.3) is 0 Å². The second kappa shape index (κ2) is 8.43. The number of aromatic nitrogens is 4. The van der Waals surface area contributed by atoms with Crippen LogP contribution in [0.1, 0.15) is 20.3 Å². The number of tetrazole rings is 1. The molecule has 1 N–H and O–H groups in total. The molecule has 1 rings (SSSR count). The highest BCUT2D eigenvalue weighted by atomic mass is 32.2. The van der Waals surface area contributed by atoms with Gasteiger partial charge in [0.2, 0.25) is 5.16 Å². The van der Waals surface area contributed by atoms with Crippen LogP contribution < -0.4 is 0 Å². The lowest BCUT2D eigenvalue weighted by Crippen LogP contribution is -2.07. The third kappa shape index (κ3) is 5.99. The van der Waals surface area contributed by atoms with Crippen molar-refractivity contribution in [1.29, 1.82) is 0 Å². The first-order chi connectivity index (χ1) is 8.24. The summed E-state index contributed by atoms with van der Waals surface area (Å²) in [6.07, 6.45) is 1.09. The minimum absolute atomic E-state index is 0.0451. The van der Waals surface area contributed by atoms with Crippen LogP contribution in [0.2, 0.25) is 0 Å². The zero-order chi connectivity index (χ0) is 12.5. The molecule has 0 aromatic carbocycles. The van der Waals surface area contributed by atoms with E-state index in [-0.39, 0.29) is 6.61 Å². The average Bonchev–Trinajstić information content (AvgIpc) is 2.71. The Morgan fingerprint density at radius 1 is 1.41 bits per heavy atom. The molecule has 0 atom stereocenters. The van der Waals surface area contributed by atoms with E-state index in [2.05, 4.69) is 29.4 Å². The molecule has 0 aliphatic heterocycles. The first-order valence-electron chi connectivity index (χ1n) is 5.81. The predicted molar refractivity (Wildman–Crippen MR) is 65.9 cm³/mol. The lowest BCUT2D eigenvalue weighted by molar-refractivity contribution is 0.138. The Morgan fingerprint density at radius 3 is 2.94 bits per heavy atom. The Bertz CT molecular complexity index is 306. The van der Waals surface area contributed by atoms with Crippen molar-refractivity contribution in [2.24, 2.45) is 5.92 Å². The molecule has 0 fully saturated rings. The summed E-state index contributed by atoms with van der Waals surface area (Å²) in [4.78, 5) is 0. The van der Waals surface area contributed by atoms with Crippen molar-refractivity contribution in [2.45, 2.75) is 32.0 Å². The summed E-state index contributed by atoms with van der Waals surface area (Å²) >= 11 is 1.54. The third-order valence-electron chi connectivity index (χ3n) is 2.11. The van der Waals surface area contributed by atoms with E-state index in [0.29, 0.717) is 19.1 Å². The van der Waals surface area contributed by atoms with Crippen molar-refractivity contribution in [3.8, 4) is 0 Å². The second-order valence-electron chi connectivity index (χ2n) is 4.05. The molecule has 0 amide bonds. The Kier molecular flexibility index (Phi) is 7.14. The van der Waals surface area contributed by atoms with Gasteiger partial charge in [0.15, 0.2) is 0 Å². The van der Waals surface area contributed by atoms with Gasteiger partial charge in [-0.2, -0.15) is 0 Å². The lowest BCUT2D eigenvalue weighted by Gasteiger charge is -2.06. The van der Waals surface area contributed by atoms with Crippen molar-refractivity contribution >= 4 is 11.8 Å². The minimum atomic E-state index is 0.0451. The van der Waals surface area contributed by atoms with E-state index in [1.807, 2.05) is 0 Å². The fourth-order valence-corrected chi connectivity index (χ4v) is 1.90. The van der Waals surface area contributed by atoms with E-state index < -0.39 is 0 Å². The summed E-state index contributed by atoms with van der Waals surface area (Å²) in [7, 11) is 0. The summed E-state index contributed by atoms with van der Waals surface area (Å²) in [6, 6.07) is 0. The standard InChI is InChI=1S/C10H20N4O2S/c1-9(2)3-6-16-7-8-17-10-11-12-13-14(10)4-5-15/h9,15H,3-8H2,1-2H3. The molecule has 0 radical (unpaired) electrons. The molecule has 0 bridgehead atoms. The van der Waals surface area contributed by atoms with Crippen molar-refractivity contribution < 1.29 is 9.84 Å². The summed E-state index contributed by atoms with van der Waals surface area (Å²) < 4.78 is 7.09. The monoisotopic (exact) mass is 260 g/mol. The zero-order valence-electron chi connectivity index (χ0n) is 10.4. The van der Waals surface area contributed by atoms with Gasteiger partial charge in [-0.3, -0.25) is 0 Å². The minimum Gasteiger partial charge on any atom is -0.394 e. The Balaban J connectivity index is 2.11. The van der Waals surface area contributed by atoms with Crippen LogP contribution in [0, 0.1) is 5.92 Å². The molecule has 0 aliphatic carbocycles. The van der Waals surface area contributed by atoms with Crippen molar-refractivity contribution in [3.63, 3.8) is 0 Å². The van der Waals surface area contributed by atoms with Gasteiger partial charge in [-0.05, 0) is 22.8 Å². The number of nitrogens with zero attached hydrogens (tertiary/aromatic N) is 4. The zero-order valence-corrected chi connectivity index (χ0v) is 11.2. The molecule has 6 nitrogen and oxygen atoms in total. The lowest BCUT2D eigenvalue weighted by atomic mass is 10.1. The van der Waals surface area contributed by atoms with Crippen LogP contribution in [0.25, 0.3) is 0 Å². The van der Waals surface area contributed by atoms with Gasteiger partial charge >= 0.3 is 0 Å². The van der Waals surface area contributed by atoms with Crippen LogP contribution in [0.4, 0.5) is 0 Å². The highest BCUT2D eigenvalue weighted by Crippen LogP contribution is 2.12. The van der Waals surface area contributed by atoms with Crippen molar-refractivity contribution in [3.05, 3.63) is 0 Å². The molecule has 0 unspecified atom stereocenters. The van der Waals surface area contributed by atoms with Crippen LogP contribution >= 0.6 is 11.8 Å². The van der Waals surface area contributed by atoms with Crippen LogP contribution in [0.5, 0.6) is 0 Å². The molecule has 0 aliphatic rings. The van der Waals surface area contributed by atoms with Crippen molar-refractivity contribution in [2.75, 3.05) is 25.6 Å². The summed E-state index contributed by atoms with van der Waals surface area (Å²) in [5.41, 5.74) is 0. The average molecular weight is 260 g/mol. The van der Waals surface area contributed by atoms with Crippen LogP contribution in [-0.2, 0) is 11.3 Å². The molecule has 1 aromatic heterocycles. The Morgan fingerprint density at radius 2 is 2.24 bits per heavy atom. The maximum absolute atomic E-state index is 8.81. The summed E-state index contributed by atoms with van der Waals surface area (Å²) in [5.74, 6) is 1.50. The predicted octanol–water partition coefficient (Wildman–Crippen LogP) is 0.820. The van der Waals surface area contributed by atoms with Gasteiger partial charge in [-0.25, -0.2) is 4.68 Å². The van der Waals surface area contributed by atoms with Gasteiger partial charge in [0.1, 0.15) is 0 Å². The van der Waals surface area contributed by atoms with E-state index in [9.17, 15) is 0 Å². The maximum atomic E-state index is 8.81. The number of aliphatic hydroxyl groups is 1. The molecule has 0 saturated carbocycles. The number of thioether (sulfide) groups is 1. The van der Waals surface area contributed by atoms with Crippen LogP contribution in [-0.4, -0.2) is 50.9 Å². The van der Waals surface area contributed by atoms with E-state index in [1.54, 1.807) is 16.4 Å². The number of hydrogen-bond acceptors (Lipinski definition) is 6. The van der Waals surface area contributed by atoms with E-state index >= 15 is 0 Å². The molecule has 7 heteroatoms. The van der Waals surface area contributed by atoms with Gasteiger partial charge in [0, 0.05) is 12.4 Å². The summed E-state index contributed by atoms with van der Waals surface area (Å²) in [6.45, 7) is 6.35. The molecular weight excluding hydrogens is 240 g/mol. The van der Waals surface area contributed by atoms with Crippen LogP contribution in [0.3, 0.4) is 0 Å². The third-order valence-corrected chi connectivity index (χ3v) is 3.03. The quantitative estimate of drug-likeness (QED) is 0.523. The molecule has 1 heterocycles. The van der Waals surface area contributed by atoms with Crippen molar-refractivity contribution in [1.82, 2.24) is 20.2 Å². The fourth-order valence-electron chi connectivity index (χ4n) is 1.15. The van der Waals surface area contributed by atoms with Gasteiger partial charge in [-0.1, -0.05) is 25.6 Å². The molecule has 0 saturated heterocycles. The topological polar surface area (TPSA) is 73.1 Å². The van der Waals surface area contributed by atoms with E-state index in [1.165, 1.54) is 0 Å². The van der Waals surface area contributed by atoms with Gasteiger partial charge in [0.05, 0.1) is 19.8 Å². The number of rotatable bonds is 9. The molecule has 98 valence electrons. The molecular formula is C10H20N4O2S. The highest BCUT2D eigenvalue weighted by molar-refractivity contribution is 7.99. The first kappa shape index (κ1) is 14.4. The second-order valence-corrected chi connectivity index (χ2v) is 5.11. The van der Waals surface area contributed by atoms with E-state index in [4.69, 9.17) is 9.84 Å². The highest BCUT2D eigenvalue weighted by Gasteiger charge is 2.05. The molecule has 0 spiro atoms. The SMILES string of the molecule is CC(C)CCOCCSc1nnnn1CCO. The largest absolute Gasteiger partial charge is 0.394 e. The number of hydrogen-bond donors (Lipinski definition) is 1. The molecule has 17 heavy (non-hydrogen) atoms. The summed E-state index contributed by atoms with van der Waals surface area (Å²) in [5, 5.41) is 20.8. The number of aliphatic hydroxyl groups excluding tert-OH is 1. The number of ether oxygens (including phenoxy) is 1. The fraction of sp³-hybridized carbons (Fsp3) is 0.900.